The Bertz CT molecular complexity index is 1110. The van der Waals surface area contributed by atoms with Crippen molar-refractivity contribution in [1.82, 2.24) is 20.1 Å². The number of rotatable bonds is 6. The van der Waals surface area contributed by atoms with Gasteiger partial charge in [-0.1, -0.05) is 30.3 Å². The Labute approximate surface area is 168 Å². The van der Waals surface area contributed by atoms with Crippen LogP contribution in [-0.2, 0) is 6.54 Å². The largest absolute Gasteiger partial charge is 0.497 e. The van der Waals surface area contributed by atoms with Gasteiger partial charge in [0.25, 0.3) is 5.91 Å². The Hall–Kier alpha value is -3.93. The van der Waals surface area contributed by atoms with Gasteiger partial charge in [0, 0.05) is 30.7 Å². The molecule has 0 saturated heterocycles. The van der Waals surface area contributed by atoms with Crippen molar-refractivity contribution in [3.05, 3.63) is 96.4 Å². The monoisotopic (exact) mass is 384 g/mol. The molecule has 0 spiro atoms. The second kappa shape index (κ2) is 8.39. The standard InChI is InChI=1S/C23H20N4O2/c1-29-20-9-5-6-18(14-20)22-21(16-27(26-22)19-7-3-2-4-8-19)23(28)25-15-17-10-12-24-13-11-17/h2-14,16H,15H2,1H3,(H,25,28). The van der Waals surface area contributed by atoms with Gasteiger partial charge in [0.15, 0.2) is 0 Å². The predicted molar refractivity (Wildman–Crippen MR) is 111 cm³/mol. The SMILES string of the molecule is COc1cccc(-c2nn(-c3ccccc3)cc2C(=O)NCc2ccncc2)c1. The van der Waals surface area contributed by atoms with Crippen LogP contribution in [0.5, 0.6) is 5.75 Å². The summed E-state index contributed by atoms with van der Waals surface area (Å²) in [6, 6.07) is 21.0. The highest BCUT2D eigenvalue weighted by atomic mass is 16.5. The molecule has 0 radical (unpaired) electrons. The van der Waals surface area contributed by atoms with E-state index in [9.17, 15) is 4.79 Å². The van der Waals surface area contributed by atoms with Gasteiger partial charge < -0.3 is 10.1 Å². The van der Waals surface area contributed by atoms with Crippen LogP contribution >= 0.6 is 0 Å². The number of para-hydroxylation sites is 1. The maximum absolute atomic E-state index is 13.0. The summed E-state index contributed by atoms with van der Waals surface area (Å²) >= 11 is 0. The lowest BCUT2D eigenvalue weighted by Gasteiger charge is -2.06. The first-order valence-corrected chi connectivity index (χ1v) is 9.21. The van der Waals surface area contributed by atoms with Crippen molar-refractivity contribution in [3.63, 3.8) is 0 Å². The van der Waals surface area contributed by atoms with Crippen LogP contribution in [-0.4, -0.2) is 27.8 Å². The highest BCUT2D eigenvalue weighted by molar-refractivity contribution is 6.00. The molecule has 2 aromatic carbocycles. The zero-order valence-corrected chi connectivity index (χ0v) is 15.9. The molecule has 6 heteroatoms. The molecule has 6 nitrogen and oxygen atoms in total. The van der Waals surface area contributed by atoms with Crippen LogP contribution in [0.25, 0.3) is 16.9 Å². The van der Waals surface area contributed by atoms with E-state index < -0.39 is 0 Å². The fourth-order valence-corrected chi connectivity index (χ4v) is 3.01. The minimum atomic E-state index is -0.193. The molecule has 1 N–H and O–H groups in total. The topological polar surface area (TPSA) is 69.0 Å². The Morgan fingerprint density at radius 2 is 1.83 bits per heavy atom. The molecule has 0 aliphatic carbocycles. The lowest BCUT2D eigenvalue weighted by atomic mass is 10.1. The van der Waals surface area contributed by atoms with E-state index in [-0.39, 0.29) is 5.91 Å². The van der Waals surface area contributed by atoms with Crippen molar-refractivity contribution in [2.24, 2.45) is 0 Å². The second-order valence-corrected chi connectivity index (χ2v) is 6.44. The van der Waals surface area contributed by atoms with Gasteiger partial charge in [-0.25, -0.2) is 4.68 Å². The number of aromatic nitrogens is 3. The van der Waals surface area contributed by atoms with E-state index in [1.807, 2.05) is 66.7 Å². The molecular weight excluding hydrogens is 364 g/mol. The minimum absolute atomic E-state index is 0.193. The molecule has 0 fully saturated rings. The van der Waals surface area contributed by atoms with Gasteiger partial charge in [-0.05, 0) is 42.0 Å². The Balaban J connectivity index is 1.70. The molecule has 2 heterocycles. The number of carbonyl (C=O) groups excluding carboxylic acids is 1. The summed E-state index contributed by atoms with van der Waals surface area (Å²) in [7, 11) is 1.62. The lowest BCUT2D eigenvalue weighted by molar-refractivity contribution is 0.0951. The number of methoxy groups -OCH3 is 1. The average molecular weight is 384 g/mol. The summed E-state index contributed by atoms with van der Waals surface area (Å²) in [5.41, 5.74) is 3.76. The Morgan fingerprint density at radius 3 is 2.59 bits per heavy atom. The average Bonchev–Trinajstić information content (AvgIpc) is 3.24. The highest BCUT2D eigenvalue weighted by Crippen LogP contribution is 2.27. The van der Waals surface area contributed by atoms with E-state index in [1.54, 1.807) is 30.4 Å². The molecule has 4 aromatic rings. The molecule has 0 unspecified atom stereocenters. The Morgan fingerprint density at radius 1 is 1.03 bits per heavy atom. The van der Waals surface area contributed by atoms with Crippen molar-refractivity contribution < 1.29 is 9.53 Å². The van der Waals surface area contributed by atoms with Crippen LogP contribution in [0.15, 0.2) is 85.3 Å². The molecule has 2 aromatic heterocycles. The van der Waals surface area contributed by atoms with Gasteiger partial charge in [-0.15, -0.1) is 0 Å². The minimum Gasteiger partial charge on any atom is -0.497 e. The predicted octanol–water partition coefficient (Wildman–Crippen LogP) is 3.87. The van der Waals surface area contributed by atoms with Crippen LogP contribution in [0.2, 0.25) is 0 Å². The van der Waals surface area contributed by atoms with E-state index in [1.165, 1.54) is 0 Å². The van der Waals surface area contributed by atoms with Gasteiger partial charge >= 0.3 is 0 Å². The van der Waals surface area contributed by atoms with E-state index in [0.29, 0.717) is 23.6 Å². The third-order valence-corrected chi connectivity index (χ3v) is 4.53. The smallest absolute Gasteiger partial charge is 0.255 e. The van der Waals surface area contributed by atoms with Gasteiger partial charge in [0.05, 0.1) is 18.4 Å². The molecule has 0 aliphatic heterocycles. The molecule has 0 aliphatic rings. The quantitative estimate of drug-likeness (QED) is 0.548. The van der Waals surface area contributed by atoms with Gasteiger partial charge in [-0.3, -0.25) is 9.78 Å². The van der Waals surface area contributed by atoms with Crippen molar-refractivity contribution >= 4 is 5.91 Å². The molecule has 1 amide bonds. The maximum Gasteiger partial charge on any atom is 0.255 e. The zero-order chi connectivity index (χ0) is 20.1. The number of benzene rings is 2. The lowest BCUT2D eigenvalue weighted by Crippen LogP contribution is -2.23. The molecule has 4 rings (SSSR count). The number of nitrogens with zero attached hydrogens (tertiary/aromatic N) is 3. The molecule has 0 atom stereocenters. The molecular formula is C23H20N4O2. The summed E-state index contributed by atoms with van der Waals surface area (Å²) in [5, 5.41) is 7.66. The van der Waals surface area contributed by atoms with E-state index >= 15 is 0 Å². The third kappa shape index (κ3) is 4.16. The first-order chi connectivity index (χ1) is 14.2. The first-order valence-electron chi connectivity index (χ1n) is 9.21. The van der Waals surface area contributed by atoms with E-state index in [4.69, 9.17) is 9.84 Å². The number of nitrogens with one attached hydrogen (secondary N) is 1. The zero-order valence-electron chi connectivity index (χ0n) is 15.9. The van der Waals surface area contributed by atoms with Crippen LogP contribution in [0.1, 0.15) is 15.9 Å². The van der Waals surface area contributed by atoms with Gasteiger partial charge in [0.2, 0.25) is 0 Å². The third-order valence-electron chi connectivity index (χ3n) is 4.53. The van der Waals surface area contributed by atoms with Crippen LogP contribution in [0.3, 0.4) is 0 Å². The number of amides is 1. The summed E-state index contributed by atoms with van der Waals surface area (Å²) in [6.45, 7) is 0.412. The Kier molecular flexibility index (Phi) is 5.33. The number of carbonyl (C=O) groups is 1. The van der Waals surface area contributed by atoms with Crippen LogP contribution in [0.4, 0.5) is 0 Å². The molecule has 0 saturated carbocycles. The number of hydrogen-bond acceptors (Lipinski definition) is 4. The number of ether oxygens (including phenoxy) is 1. The second-order valence-electron chi connectivity index (χ2n) is 6.44. The van der Waals surface area contributed by atoms with Crippen molar-refractivity contribution in [2.45, 2.75) is 6.54 Å². The molecule has 0 bridgehead atoms. The van der Waals surface area contributed by atoms with Crippen LogP contribution in [0, 0.1) is 0 Å². The summed E-state index contributed by atoms with van der Waals surface area (Å²) in [5.74, 6) is 0.515. The first kappa shape index (κ1) is 18.4. The molecule has 29 heavy (non-hydrogen) atoms. The van der Waals surface area contributed by atoms with Gasteiger partial charge in [-0.2, -0.15) is 5.10 Å². The summed E-state index contributed by atoms with van der Waals surface area (Å²) < 4.78 is 7.05. The summed E-state index contributed by atoms with van der Waals surface area (Å²) in [4.78, 5) is 17.0. The molecule has 144 valence electrons. The maximum atomic E-state index is 13.0. The normalized spacial score (nSPS) is 10.5. The number of pyridine rings is 1. The fourth-order valence-electron chi connectivity index (χ4n) is 3.01. The number of hydrogen-bond donors (Lipinski definition) is 1. The highest BCUT2D eigenvalue weighted by Gasteiger charge is 2.19. The fraction of sp³-hybridized carbons (Fsp3) is 0.0870. The van der Waals surface area contributed by atoms with E-state index in [2.05, 4.69) is 10.3 Å². The van der Waals surface area contributed by atoms with Crippen LogP contribution < -0.4 is 10.1 Å². The van der Waals surface area contributed by atoms with Crippen molar-refractivity contribution in [1.29, 1.82) is 0 Å². The van der Waals surface area contributed by atoms with Gasteiger partial charge in [0.1, 0.15) is 11.4 Å². The van der Waals surface area contributed by atoms with E-state index in [0.717, 1.165) is 16.8 Å². The van der Waals surface area contributed by atoms with Crippen molar-refractivity contribution in [3.8, 4) is 22.7 Å². The van der Waals surface area contributed by atoms with Crippen molar-refractivity contribution in [2.75, 3.05) is 7.11 Å². The summed E-state index contributed by atoms with van der Waals surface area (Å²) in [6.07, 6.45) is 5.17.